The van der Waals surface area contributed by atoms with Crippen LogP contribution in [0.25, 0.3) is 0 Å². The highest BCUT2D eigenvalue weighted by Crippen LogP contribution is 1.99. The number of piperazine rings is 1. The molecule has 3 nitrogen and oxygen atoms in total. The molecule has 0 radical (unpaired) electrons. The summed E-state index contributed by atoms with van der Waals surface area (Å²) in [4.78, 5) is 4.47. The third-order valence-electron chi connectivity index (χ3n) is 2.08. The molecule has 0 saturated carbocycles. The van der Waals surface area contributed by atoms with Gasteiger partial charge in [-0.05, 0) is 6.20 Å². The second-order valence-corrected chi connectivity index (χ2v) is 2.78. The zero-order valence-electron chi connectivity index (χ0n) is 6.87. The van der Waals surface area contributed by atoms with Crippen LogP contribution in [0.15, 0.2) is 12.8 Å². The lowest BCUT2D eigenvalue weighted by molar-refractivity contribution is 0.138. The second-order valence-electron chi connectivity index (χ2n) is 2.78. The highest BCUT2D eigenvalue weighted by Gasteiger charge is 2.12. The highest BCUT2D eigenvalue weighted by atomic mass is 16.3. The van der Waals surface area contributed by atoms with E-state index >= 15 is 0 Å². The number of aliphatic hydroxyl groups is 1. The van der Waals surface area contributed by atoms with Crippen molar-refractivity contribution in [3.05, 3.63) is 12.8 Å². The van der Waals surface area contributed by atoms with Gasteiger partial charge >= 0.3 is 0 Å². The molecule has 64 valence electrons. The van der Waals surface area contributed by atoms with Gasteiger partial charge in [0.2, 0.25) is 0 Å². The van der Waals surface area contributed by atoms with Gasteiger partial charge in [-0.15, -0.1) is 0 Å². The third-order valence-corrected chi connectivity index (χ3v) is 2.08. The molecule has 1 heterocycles. The van der Waals surface area contributed by atoms with Gasteiger partial charge in [-0.2, -0.15) is 0 Å². The molecule has 0 spiro atoms. The molecule has 0 aromatic rings. The number of aliphatic hydroxyl groups excluding tert-OH is 1. The van der Waals surface area contributed by atoms with Gasteiger partial charge in [0.1, 0.15) is 0 Å². The summed E-state index contributed by atoms with van der Waals surface area (Å²) < 4.78 is 0. The summed E-state index contributed by atoms with van der Waals surface area (Å²) in [7, 11) is 0. The fourth-order valence-electron chi connectivity index (χ4n) is 1.31. The number of nitrogens with zero attached hydrogens (tertiary/aromatic N) is 2. The molecular formula is C8H16N2O. The number of hydrogen-bond acceptors (Lipinski definition) is 3. The van der Waals surface area contributed by atoms with Crippen molar-refractivity contribution in [1.29, 1.82) is 0 Å². The fourth-order valence-corrected chi connectivity index (χ4v) is 1.31. The lowest BCUT2D eigenvalue weighted by Crippen LogP contribution is -2.44. The molecule has 0 aliphatic carbocycles. The van der Waals surface area contributed by atoms with Gasteiger partial charge in [-0.25, -0.2) is 0 Å². The molecule has 1 saturated heterocycles. The second kappa shape index (κ2) is 4.36. The monoisotopic (exact) mass is 156 g/mol. The average molecular weight is 156 g/mol. The molecule has 3 heteroatoms. The maximum Gasteiger partial charge on any atom is 0.0558 e. The Labute approximate surface area is 67.9 Å². The Morgan fingerprint density at radius 3 is 2.36 bits per heavy atom. The van der Waals surface area contributed by atoms with Gasteiger partial charge in [0.15, 0.2) is 0 Å². The third kappa shape index (κ3) is 2.52. The van der Waals surface area contributed by atoms with Crippen molar-refractivity contribution in [1.82, 2.24) is 9.80 Å². The van der Waals surface area contributed by atoms with Gasteiger partial charge in [0.05, 0.1) is 6.61 Å². The van der Waals surface area contributed by atoms with E-state index in [0.717, 1.165) is 32.7 Å². The SMILES string of the molecule is C=CN1CCN(CCO)CC1. The summed E-state index contributed by atoms with van der Waals surface area (Å²) in [6.07, 6.45) is 1.89. The maximum absolute atomic E-state index is 8.67. The molecule has 1 aliphatic heterocycles. The van der Waals surface area contributed by atoms with Crippen LogP contribution >= 0.6 is 0 Å². The van der Waals surface area contributed by atoms with Gasteiger partial charge in [-0.1, -0.05) is 6.58 Å². The summed E-state index contributed by atoms with van der Waals surface area (Å²) in [5, 5.41) is 8.67. The molecule has 0 aromatic heterocycles. The van der Waals surface area contributed by atoms with E-state index in [-0.39, 0.29) is 6.61 Å². The number of hydrogen-bond donors (Lipinski definition) is 1. The fraction of sp³-hybridized carbons (Fsp3) is 0.750. The minimum atomic E-state index is 0.272. The minimum absolute atomic E-state index is 0.272. The van der Waals surface area contributed by atoms with E-state index < -0.39 is 0 Å². The molecule has 1 N–H and O–H groups in total. The summed E-state index contributed by atoms with van der Waals surface area (Å²) in [5.41, 5.74) is 0. The maximum atomic E-state index is 8.67. The number of rotatable bonds is 3. The highest BCUT2D eigenvalue weighted by molar-refractivity contribution is 4.78. The first kappa shape index (κ1) is 8.56. The molecular weight excluding hydrogens is 140 g/mol. The Bertz CT molecular complexity index is 119. The molecule has 1 aliphatic rings. The predicted octanol–water partition coefficient (Wildman–Crippen LogP) is -0.260. The summed E-state index contributed by atoms with van der Waals surface area (Å²) >= 11 is 0. The van der Waals surface area contributed by atoms with E-state index in [1.807, 2.05) is 6.20 Å². The Morgan fingerprint density at radius 2 is 1.91 bits per heavy atom. The molecule has 0 bridgehead atoms. The molecule has 0 aromatic carbocycles. The van der Waals surface area contributed by atoms with Crippen molar-refractivity contribution in [3.63, 3.8) is 0 Å². The van der Waals surface area contributed by atoms with Gasteiger partial charge < -0.3 is 10.0 Å². The van der Waals surface area contributed by atoms with Crippen LogP contribution in [0.3, 0.4) is 0 Å². The summed E-state index contributed by atoms with van der Waals surface area (Å²) in [6, 6.07) is 0. The number of β-amino-alcohol motifs (C(OH)–C–C–N with tert-alkyl or cyclic N) is 1. The van der Waals surface area contributed by atoms with Crippen LogP contribution in [-0.2, 0) is 0 Å². The lowest BCUT2D eigenvalue weighted by Gasteiger charge is -2.33. The van der Waals surface area contributed by atoms with E-state index in [4.69, 9.17) is 5.11 Å². The summed E-state index contributed by atoms with van der Waals surface area (Å²) in [6.45, 7) is 8.98. The van der Waals surface area contributed by atoms with Crippen molar-refractivity contribution < 1.29 is 5.11 Å². The van der Waals surface area contributed by atoms with Crippen LogP contribution in [0.5, 0.6) is 0 Å². The van der Waals surface area contributed by atoms with Crippen molar-refractivity contribution in [2.45, 2.75) is 0 Å². The minimum Gasteiger partial charge on any atom is -0.395 e. The Balaban J connectivity index is 2.18. The van der Waals surface area contributed by atoms with Crippen LogP contribution in [0, 0.1) is 0 Å². The van der Waals surface area contributed by atoms with Crippen LogP contribution in [0.4, 0.5) is 0 Å². The zero-order valence-corrected chi connectivity index (χ0v) is 6.87. The van der Waals surface area contributed by atoms with Crippen LogP contribution in [0.2, 0.25) is 0 Å². The Hall–Kier alpha value is -0.540. The normalized spacial score (nSPS) is 20.3. The first-order valence-electron chi connectivity index (χ1n) is 4.06. The smallest absolute Gasteiger partial charge is 0.0558 e. The molecule has 0 atom stereocenters. The van der Waals surface area contributed by atoms with Crippen molar-refractivity contribution in [2.75, 3.05) is 39.3 Å². The van der Waals surface area contributed by atoms with E-state index in [9.17, 15) is 0 Å². The first-order chi connectivity index (χ1) is 5.36. The van der Waals surface area contributed by atoms with E-state index in [0.29, 0.717) is 0 Å². The van der Waals surface area contributed by atoms with Gasteiger partial charge in [0.25, 0.3) is 0 Å². The largest absolute Gasteiger partial charge is 0.395 e. The average Bonchev–Trinajstić information content (AvgIpc) is 2.07. The molecule has 11 heavy (non-hydrogen) atoms. The molecule has 0 unspecified atom stereocenters. The van der Waals surface area contributed by atoms with Crippen molar-refractivity contribution in [2.24, 2.45) is 0 Å². The Kier molecular flexibility index (Phi) is 3.39. The molecule has 1 rings (SSSR count). The Morgan fingerprint density at radius 1 is 1.27 bits per heavy atom. The van der Waals surface area contributed by atoms with Crippen molar-refractivity contribution >= 4 is 0 Å². The summed E-state index contributed by atoms with van der Waals surface area (Å²) in [5.74, 6) is 0. The van der Waals surface area contributed by atoms with Crippen LogP contribution in [0.1, 0.15) is 0 Å². The van der Waals surface area contributed by atoms with E-state index in [2.05, 4.69) is 16.4 Å². The van der Waals surface area contributed by atoms with E-state index in [1.165, 1.54) is 0 Å². The van der Waals surface area contributed by atoms with Gasteiger partial charge in [-0.3, -0.25) is 4.90 Å². The van der Waals surface area contributed by atoms with Crippen molar-refractivity contribution in [3.8, 4) is 0 Å². The topological polar surface area (TPSA) is 26.7 Å². The zero-order chi connectivity index (χ0) is 8.10. The molecule has 0 amide bonds. The predicted molar refractivity (Wildman–Crippen MR) is 45.3 cm³/mol. The lowest BCUT2D eigenvalue weighted by atomic mass is 10.3. The van der Waals surface area contributed by atoms with E-state index in [1.54, 1.807) is 0 Å². The van der Waals surface area contributed by atoms with Gasteiger partial charge in [0, 0.05) is 32.7 Å². The standard InChI is InChI=1S/C8H16N2O/c1-2-9-3-5-10(6-4-9)7-8-11/h2,11H,1,3-8H2. The molecule has 1 fully saturated rings. The first-order valence-corrected chi connectivity index (χ1v) is 4.06. The van der Waals surface area contributed by atoms with Crippen LogP contribution in [-0.4, -0.2) is 54.2 Å². The quantitative estimate of drug-likeness (QED) is 0.610. The van der Waals surface area contributed by atoms with Crippen LogP contribution < -0.4 is 0 Å².